The van der Waals surface area contributed by atoms with Crippen molar-refractivity contribution in [1.29, 1.82) is 0 Å². The molecule has 2 heteroatoms. The monoisotopic (exact) mass is 929 g/mol. The van der Waals surface area contributed by atoms with Crippen molar-refractivity contribution in [1.82, 2.24) is 4.57 Å². The molecule has 0 amide bonds. The Hall–Kier alpha value is -9.08. The molecule has 0 aliphatic carbocycles. The van der Waals surface area contributed by atoms with Crippen LogP contribution in [0.2, 0.25) is 0 Å². The highest BCUT2D eigenvalue weighted by atomic mass is 28.3. The van der Waals surface area contributed by atoms with Crippen LogP contribution in [0.3, 0.4) is 0 Å². The third-order valence-corrected chi connectivity index (χ3v) is 20.2. The summed E-state index contributed by atoms with van der Waals surface area (Å²) in [7, 11) is -2.91. The molecule has 1 aliphatic rings. The lowest BCUT2D eigenvalue weighted by molar-refractivity contribution is 1.18. The first-order valence-corrected chi connectivity index (χ1v) is 27.0. The highest BCUT2D eigenvalue weighted by molar-refractivity contribution is 7.22. The Morgan fingerprint density at radius 3 is 1.18 bits per heavy atom. The van der Waals surface area contributed by atoms with Gasteiger partial charge in [0.1, 0.15) is 0 Å². The zero-order valence-corrected chi connectivity index (χ0v) is 40.6. The number of benzene rings is 12. The van der Waals surface area contributed by atoms with Crippen LogP contribution in [0.5, 0.6) is 0 Å². The molecular weight excluding hydrogens is 883 g/mol. The van der Waals surface area contributed by atoms with Gasteiger partial charge in [-0.05, 0) is 105 Å². The van der Waals surface area contributed by atoms with Gasteiger partial charge < -0.3 is 4.57 Å². The van der Waals surface area contributed by atoms with Crippen LogP contribution in [0, 0.1) is 0 Å². The van der Waals surface area contributed by atoms with E-state index in [0.29, 0.717) is 0 Å². The smallest absolute Gasteiger partial charge is 0.0541 e. The number of fused-ring (bicyclic) bond motifs is 7. The molecular formula is C70H47NSi-. The van der Waals surface area contributed by atoms with E-state index in [9.17, 15) is 0 Å². The summed E-state index contributed by atoms with van der Waals surface area (Å²) in [5.74, 6) is 0. The summed E-state index contributed by atoms with van der Waals surface area (Å²) >= 11 is 0. The van der Waals surface area contributed by atoms with Gasteiger partial charge in [0.05, 0.1) is 11.0 Å². The van der Waals surface area contributed by atoms with Crippen molar-refractivity contribution < 1.29 is 0 Å². The molecule has 337 valence electrons. The van der Waals surface area contributed by atoms with Crippen molar-refractivity contribution in [3.63, 3.8) is 0 Å². The second-order valence-corrected chi connectivity index (χ2v) is 22.9. The fourth-order valence-corrected chi connectivity index (χ4v) is 17.1. The number of rotatable bonds is 8. The molecule has 13 aromatic rings. The van der Waals surface area contributed by atoms with Crippen molar-refractivity contribution in [2.75, 3.05) is 0 Å². The van der Waals surface area contributed by atoms with E-state index in [2.05, 4.69) is 290 Å². The summed E-state index contributed by atoms with van der Waals surface area (Å²) in [6.07, 6.45) is 0. The van der Waals surface area contributed by atoms with Crippen LogP contribution >= 0.6 is 0 Å². The van der Waals surface area contributed by atoms with E-state index < -0.39 is 8.07 Å². The van der Waals surface area contributed by atoms with E-state index in [0.717, 1.165) is 0 Å². The molecule has 0 bridgehead atoms. The summed E-state index contributed by atoms with van der Waals surface area (Å²) in [5.41, 5.74) is 18.4. The summed E-state index contributed by atoms with van der Waals surface area (Å²) in [6, 6.07) is 106. The molecule has 0 radical (unpaired) electrons. The fourth-order valence-electron chi connectivity index (χ4n) is 11.9. The molecule has 12 aromatic carbocycles. The first kappa shape index (κ1) is 41.9. The van der Waals surface area contributed by atoms with Crippen molar-refractivity contribution in [2.24, 2.45) is 0 Å². The fraction of sp³-hybridized carbons (Fsp3) is 0. The molecule has 0 spiro atoms. The molecule has 0 unspecified atom stereocenters. The minimum Gasteiger partial charge on any atom is -0.309 e. The lowest BCUT2D eigenvalue weighted by atomic mass is 9.96. The van der Waals surface area contributed by atoms with E-state index in [1.54, 1.807) is 0 Å². The van der Waals surface area contributed by atoms with Crippen LogP contribution in [0.25, 0.3) is 105 Å². The number of hydrogen-bond donors (Lipinski definition) is 0. The number of hydrogen-bond acceptors (Lipinski definition) is 0. The summed E-state index contributed by atoms with van der Waals surface area (Å²) in [5, 5.41) is 10.6. The molecule has 14 rings (SSSR count). The molecule has 1 aliphatic heterocycles. The lowest BCUT2D eigenvalue weighted by Gasteiger charge is -2.44. The normalized spacial score (nSPS) is 12.6. The Balaban J connectivity index is 0.978. The Bertz CT molecular complexity index is 3970. The Kier molecular flexibility index (Phi) is 9.94. The van der Waals surface area contributed by atoms with Crippen molar-refractivity contribution in [3.8, 4) is 72.4 Å². The molecule has 1 nitrogen and oxygen atoms in total. The predicted octanol–water partition coefficient (Wildman–Crippen LogP) is 15.6. The molecule has 72 heavy (non-hydrogen) atoms. The van der Waals surface area contributed by atoms with Crippen molar-refractivity contribution >= 4 is 61.4 Å². The topological polar surface area (TPSA) is 4.93 Å². The highest BCUT2D eigenvalue weighted by Gasteiger charge is 2.37. The van der Waals surface area contributed by atoms with E-state index in [-0.39, 0.29) is 0 Å². The third kappa shape index (κ3) is 6.76. The standard InChI is InChI=1S/C70H47NSi/c1-5-16-48(17-6-1)50-28-32-52(33-29-50)55-37-42-67-65(44-55)66-45-56(53-34-30-51(31-35-53)49-18-7-2-8-19-49)38-43-68(66)71(67)58-39-41-64-63-40-36-57(62-27-15-21-54-20-13-14-26-61(54)62)46-69(63)72(70(64)47-58,59-22-9-3-10-23-59)60-24-11-4-12-25-60/h1-47H/q-1. The van der Waals surface area contributed by atoms with Gasteiger partial charge in [-0.3, -0.25) is 0 Å². The second kappa shape index (κ2) is 17.1. The average molecular weight is 930 g/mol. The van der Waals surface area contributed by atoms with E-state index in [1.807, 2.05) is 0 Å². The van der Waals surface area contributed by atoms with Crippen LogP contribution in [0.15, 0.2) is 285 Å². The molecule has 0 saturated heterocycles. The van der Waals surface area contributed by atoms with Gasteiger partial charge in [-0.15, -0.1) is 0 Å². The first-order valence-electron chi connectivity index (χ1n) is 25.0. The van der Waals surface area contributed by atoms with Gasteiger partial charge in [-0.25, -0.2) is 0 Å². The zero-order chi connectivity index (χ0) is 47.6. The second-order valence-electron chi connectivity index (χ2n) is 19.2. The molecule has 0 saturated carbocycles. The maximum absolute atomic E-state index is 2.91. The molecule has 2 heterocycles. The SMILES string of the molecule is c1ccc(-c2ccc(-c3ccc4c(c3)c3cc(-c5ccc(-c6ccccc6)cc5)ccc3n4-c3ccc4c(c3)[Si-](c3ccccc3)(c3ccccc3)c3cc(-c5cccc6ccccc56)ccc3-4)cc2)cc1. The number of aromatic nitrogens is 1. The van der Waals surface area contributed by atoms with Crippen molar-refractivity contribution in [3.05, 3.63) is 285 Å². The van der Waals surface area contributed by atoms with Crippen LogP contribution in [-0.2, 0) is 0 Å². The van der Waals surface area contributed by atoms with Crippen molar-refractivity contribution in [2.45, 2.75) is 0 Å². The molecule has 0 N–H and O–H groups in total. The van der Waals surface area contributed by atoms with Gasteiger partial charge in [0, 0.05) is 16.5 Å². The molecule has 0 atom stereocenters. The molecule has 1 aromatic heterocycles. The minimum atomic E-state index is -2.91. The Morgan fingerprint density at radius 2 is 0.639 bits per heavy atom. The maximum Gasteiger partial charge on any atom is 0.0541 e. The van der Waals surface area contributed by atoms with Crippen LogP contribution < -0.4 is 20.7 Å². The summed E-state index contributed by atoms with van der Waals surface area (Å²) in [6.45, 7) is 0. The Labute approximate surface area is 421 Å². The van der Waals surface area contributed by atoms with Gasteiger partial charge >= 0.3 is 0 Å². The zero-order valence-electron chi connectivity index (χ0n) is 39.6. The molecule has 0 fully saturated rings. The summed E-state index contributed by atoms with van der Waals surface area (Å²) < 4.78 is 2.52. The van der Waals surface area contributed by atoms with Gasteiger partial charge in [-0.1, -0.05) is 266 Å². The van der Waals surface area contributed by atoms with E-state index in [4.69, 9.17) is 0 Å². The van der Waals surface area contributed by atoms with Gasteiger partial charge in [0.25, 0.3) is 0 Å². The highest BCUT2D eigenvalue weighted by Crippen LogP contribution is 2.40. The van der Waals surface area contributed by atoms with E-state index >= 15 is 0 Å². The lowest BCUT2D eigenvalue weighted by Crippen LogP contribution is -2.72. The van der Waals surface area contributed by atoms with E-state index in [1.165, 1.54) is 126 Å². The van der Waals surface area contributed by atoms with Crippen LogP contribution in [0.4, 0.5) is 0 Å². The van der Waals surface area contributed by atoms with Crippen LogP contribution in [-0.4, -0.2) is 12.6 Å². The van der Waals surface area contributed by atoms with Gasteiger partial charge in [0.2, 0.25) is 0 Å². The predicted molar refractivity (Wildman–Crippen MR) is 308 cm³/mol. The number of nitrogens with zero attached hydrogens (tertiary/aromatic N) is 1. The van der Waals surface area contributed by atoms with Gasteiger partial charge in [-0.2, -0.15) is 20.7 Å². The van der Waals surface area contributed by atoms with Gasteiger partial charge in [0.15, 0.2) is 0 Å². The average Bonchev–Trinajstić information content (AvgIpc) is 3.95. The third-order valence-electron chi connectivity index (χ3n) is 15.3. The minimum absolute atomic E-state index is 1.17. The summed E-state index contributed by atoms with van der Waals surface area (Å²) in [4.78, 5) is 0. The Morgan fingerprint density at radius 1 is 0.236 bits per heavy atom. The first-order chi connectivity index (χ1) is 35.7. The maximum atomic E-state index is 2.56. The quantitative estimate of drug-likeness (QED) is 0.134. The van der Waals surface area contributed by atoms with Crippen LogP contribution in [0.1, 0.15) is 0 Å². The largest absolute Gasteiger partial charge is 0.309 e.